The first kappa shape index (κ1) is 17.8. The molecular formula is C10H23NO4S. The molecule has 0 heterocycles. The van der Waals surface area contributed by atoms with Crippen molar-refractivity contribution in [3.63, 3.8) is 0 Å². The molecule has 0 saturated heterocycles. The molecule has 0 bridgehead atoms. The van der Waals surface area contributed by atoms with Crippen LogP contribution in [-0.4, -0.2) is 38.8 Å². The van der Waals surface area contributed by atoms with Crippen molar-refractivity contribution in [3.05, 3.63) is 0 Å². The van der Waals surface area contributed by atoms with Crippen molar-refractivity contribution in [2.75, 3.05) is 18.1 Å². The Morgan fingerprint density at radius 2 is 1.75 bits per heavy atom. The van der Waals surface area contributed by atoms with Gasteiger partial charge in [-0.25, -0.2) is 0 Å². The number of Topliss-reactive ketones (excluding diaryl/α,β-unsaturated/α-hetero) is 1. The second-order valence-corrected chi connectivity index (χ2v) is 5.33. The normalized spacial score (nSPS) is 11.1. The van der Waals surface area contributed by atoms with Gasteiger partial charge in [0.1, 0.15) is 0 Å². The van der Waals surface area contributed by atoms with Gasteiger partial charge in [0.15, 0.2) is 5.78 Å². The Hall–Kier alpha value is -0.590. The molecule has 3 N–H and O–H groups in total. The number of ketones is 1. The number of hydrogen-bond acceptors (Lipinski definition) is 4. The highest BCUT2D eigenvalue weighted by Gasteiger charge is 2.15. The zero-order chi connectivity index (χ0) is 13.2. The summed E-state index contributed by atoms with van der Waals surface area (Å²) in [6.45, 7) is 7.21. The maximum atomic E-state index is 10.9. The Morgan fingerprint density at radius 3 is 2.12 bits per heavy atom. The fourth-order valence-electron chi connectivity index (χ4n) is 0.823. The van der Waals surface area contributed by atoms with Gasteiger partial charge < -0.3 is 5.32 Å². The number of hydrogen-bond donors (Lipinski definition) is 3. The van der Waals surface area contributed by atoms with E-state index >= 15 is 0 Å². The summed E-state index contributed by atoms with van der Waals surface area (Å²) < 4.78 is 18.8. The van der Waals surface area contributed by atoms with E-state index in [0.29, 0.717) is 6.42 Å². The van der Waals surface area contributed by atoms with Gasteiger partial charge in [0.05, 0.1) is 11.5 Å². The highest BCUT2D eigenvalue weighted by Crippen LogP contribution is 2.37. The Bertz CT molecular complexity index is 219. The highest BCUT2D eigenvalue weighted by molar-refractivity contribution is 8.24. The van der Waals surface area contributed by atoms with Gasteiger partial charge >= 0.3 is 0 Å². The molecule has 98 valence electrons. The maximum Gasteiger partial charge on any atom is 0.216 e. The topological polar surface area (TPSA) is 86.6 Å². The van der Waals surface area contributed by atoms with Crippen molar-refractivity contribution in [3.8, 4) is 0 Å². The Kier molecular flexibility index (Phi) is 10.7. The lowest BCUT2D eigenvalue weighted by Gasteiger charge is -2.31. The van der Waals surface area contributed by atoms with Crippen molar-refractivity contribution < 1.29 is 18.7 Å². The highest BCUT2D eigenvalue weighted by atomic mass is 32.3. The van der Waals surface area contributed by atoms with Gasteiger partial charge in [-0.15, -0.1) is 0 Å². The van der Waals surface area contributed by atoms with Crippen LogP contribution in [-0.2, 0) is 9.59 Å². The van der Waals surface area contributed by atoms with Crippen LogP contribution in [0, 0.1) is 0 Å². The zero-order valence-corrected chi connectivity index (χ0v) is 11.3. The average Bonchev–Trinajstić information content (AvgIpc) is 2.19. The number of carbonyl (C=O) groups is 2. The third-order valence-electron chi connectivity index (χ3n) is 1.59. The minimum absolute atomic E-state index is 0.0400. The van der Waals surface area contributed by atoms with Crippen LogP contribution in [0.5, 0.6) is 0 Å². The van der Waals surface area contributed by atoms with Crippen molar-refractivity contribution in [1.82, 2.24) is 5.32 Å². The number of rotatable bonds is 6. The van der Waals surface area contributed by atoms with E-state index in [9.17, 15) is 18.7 Å². The predicted molar refractivity (Wildman–Crippen MR) is 67.9 cm³/mol. The lowest BCUT2D eigenvalue weighted by molar-refractivity contribution is -0.119. The molecule has 0 aromatic rings. The first-order chi connectivity index (χ1) is 7.37. The molecule has 0 fully saturated rings. The van der Waals surface area contributed by atoms with Gasteiger partial charge in [-0.1, -0.05) is 20.8 Å². The lowest BCUT2D eigenvalue weighted by atomic mass is 10.4. The summed E-state index contributed by atoms with van der Waals surface area (Å²) in [6.07, 6.45) is 0.302. The van der Waals surface area contributed by atoms with E-state index < -0.39 is 10.6 Å². The van der Waals surface area contributed by atoms with Crippen LogP contribution >= 0.6 is 10.6 Å². The summed E-state index contributed by atoms with van der Waals surface area (Å²) in [5.41, 5.74) is 0. The van der Waals surface area contributed by atoms with E-state index in [1.807, 2.05) is 13.8 Å². The fraction of sp³-hybridized carbons (Fsp3) is 0.800. The molecule has 0 aliphatic heterocycles. The molecule has 0 spiro atoms. The third kappa shape index (κ3) is 11.5. The average molecular weight is 253 g/mol. The predicted octanol–water partition coefficient (Wildman–Crippen LogP) is 1.88. The minimum atomic E-state index is -2.85. The van der Waals surface area contributed by atoms with Gasteiger partial charge in [0.2, 0.25) is 5.91 Å². The van der Waals surface area contributed by atoms with Gasteiger partial charge in [-0.2, -0.15) is 10.6 Å². The van der Waals surface area contributed by atoms with Crippen molar-refractivity contribution in [1.29, 1.82) is 0 Å². The summed E-state index contributed by atoms with van der Waals surface area (Å²) in [5, 5.41) is 2.44. The second kappa shape index (κ2) is 9.62. The molecule has 6 heteroatoms. The summed E-state index contributed by atoms with van der Waals surface area (Å²) in [5.74, 6) is -0.559. The molecule has 1 amide bonds. The van der Waals surface area contributed by atoms with Gasteiger partial charge in [-0.3, -0.25) is 18.7 Å². The smallest absolute Gasteiger partial charge is 0.216 e. The largest absolute Gasteiger partial charge is 0.355 e. The third-order valence-corrected chi connectivity index (χ3v) is 3.23. The lowest BCUT2D eigenvalue weighted by Crippen LogP contribution is -2.27. The molecule has 0 aromatic heterocycles. The van der Waals surface area contributed by atoms with E-state index in [1.54, 1.807) is 6.92 Å². The van der Waals surface area contributed by atoms with Crippen LogP contribution in [0.15, 0.2) is 0 Å². The standard InChI is InChI=1S/C8H17NO4S.C2H6/c1-3-8(11)6-14(12,13)5-4-9-7(2)10;1-2/h12-13H,3-6H2,1-2H3,(H,9,10);1-2H3. The van der Waals surface area contributed by atoms with Crippen molar-refractivity contribution >= 4 is 22.3 Å². The van der Waals surface area contributed by atoms with Crippen LogP contribution in [0.25, 0.3) is 0 Å². The summed E-state index contributed by atoms with van der Waals surface area (Å²) in [4.78, 5) is 21.4. The molecule has 0 atom stereocenters. The van der Waals surface area contributed by atoms with E-state index in [2.05, 4.69) is 5.32 Å². The monoisotopic (exact) mass is 253 g/mol. The van der Waals surface area contributed by atoms with Gasteiger partial charge in [0.25, 0.3) is 0 Å². The van der Waals surface area contributed by atoms with E-state index in [0.717, 1.165) is 0 Å². The van der Waals surface area contributed by atoms with Crippen molar-refractivity contribution in [2.45, 2.75) is 34.1 Å². The van der Waals surface area contributed by atoms with Crippen LogP contribution in [0.1, 0.15) is 34.1 Å². The van der Waals surface area contributed by atoms with Gasteiger partial charge in [-0.05, 0) is 0 Å². The van der Waals surface area contributed by atoms with Crippen LogP contribution < -0.4 is 5.32 Å². The number of amides is 1. The van der Waals surface area contributed by atoms with Crippen LogP contribution in [0.2, 0.25) is 0 Å². The fourth-order valence-corrected chi connectivity index (χ4v) is 2.12. The zero-order valence-electron chi connectivity index (χ0n) is 10.4. The first-order valence-electron chi connectivity index (χ1n) is 5.37. The van der Waals surface area contributed by atoms with Crippen LogP contribution in [0.4, 0.5) is 0 Å². The molecule has 5 nitrogen and oxygen atoms in total. The van der Waals surface area contributed by atoms with Crippen molar-refractivity contribution in [2.24, 2.45) is 0 Å². The van der Waals surface area contributed by atoms with E-state index in [4.69, 9.17) is 0 Å². The quantitative estimate of drug-likeness (QED) is 0.674. The first-order valence-corrected chi connectivity index (χ1v) is 7.25. The molecular weight excluding hydrogens is 230 g/mol. The summed E-state index contributed by atoms with van der Waals surface area (Å²) in [6, 6.07) is 0. The molecule has 0 aliphatic rings. The molecule has 0 radical (unpaired) electrons. The molecule has 0 unspecified atom stereocenters. The Balaban J connectivity index is 0. The summed E-state index contributed by atoms with van der Waals surface area (Å²) >= 11 is 0. The molecule has 0 rings (SSSR count). The number of carbonyl (C=O) groups excluding carboxylic acids is 2. The Labute approximate surface area is 99.0 Å². The Morgan fingerprint density at radius 1 is 1.25 bits per heavy atom. The van der Waals surface area contributed by atoms with E-state index in [1.165, 1.54) is 6.92 Å². The molecule has 0 saturated carbocycles. The van der Waals surface area contributed by atoms with Crippen LogP contribution in [0.3, 0.4) is 0 Å². The summed E-state index contributed by atoms with van der Waals surface area (Å²) in [7, 11) is -2.85. The molecule has 16 heavy (non-hydrogen) atoms. The number of nitrogens with one attached hydrogen (secondary N) is 1. The second-order valence-electron chi connectivity index (χ2n) is 3.03. The van der Waals surface area contributed by atoms with E-state index in [-0.39, 0.29) is 29.7 Å². The SMILES string of the molecule is CC.CCC(=O)CS(O)(O)CCNC(C)=O. The molecule has 0 aromatic carbocycles. The molecule has 0 aliphatic carbocycles. The van der Waals surface area contributed by atoms with Gasteiger partial charge in [0, 0.05) is 19.9 Å². The maximum absolute atomic E-state index is 10.9. The minimum Gasteiger partial charge on any atom is -0.355 e.